The van der Waals surface area contributed by atoms with Crippen LogP contribution in [0.15, 0.2) is 48.5 Å². The molecule has 3 aliphatic heterocycles. The van der Waals surface area contributed by atoms with E-state index in [0.29, 0.717) is 19.6 Å². The first kappa shape index (κ1) is 20.4. The van der Waals surface area contributed by atoms with Crippen LogP contribution in [0.1, 0.15) is 42.0 Å². The molecular weight excluding hydrogens is 410 g/mol. The van der Waals surface area contributed by atoms with Crippen LogP contribution in [0.5, 0.6) is 0 Å². The zero-order valence-corrected chi connectivity index (χ0v) is 18.4. The number of nitrogens with one attached hydrogen (secondary N) is 1. The van der Waals surface area contributed by atoms with Crippen molar-refractivity contribution < 1.29 is 9.59 Å². The fourth-order valence-corrected chi connectivity index (χ4v) is 5.89. The van der Waals surface area contributed by atoms with Gasteiger partial charge < -0.3 is 15.1 Å². The van der Waals surface area contributed by atoms with Crippen molar-refractivity contribution >= 4 is 23.5 Å². The van der Waals surface area contributed by atoms with Crippen LogP contribution in [0.4, 0.5) is 4.79 Å². The molecule has 2 saturated heterocycles. The van der Waals surface area contributed by atoms with Gasteiger partial charge in [-0.1, -0.05) is 54.1 Å². The number of fused-ring (bicyclic) bond motifs is 4. The van der Waals surface area contributed by atoms with E-state index >= 15 is 0 Å². The average molecular weight is 438 g/mol. The summed E-state index contributed by atoms with van der Waals surface area (Å²) in [5.41, 5.74) is 3.52. The van der Waals surface area contributed by atoms with Crippen LogP contribution >= 0.6 is 11.6 Å². The van der Waals surface area contributed by atoms with Gasteiger partial charge in [-0.05, 0) is 54.9 Å². The summed E-state index contributed by atoms with van der Waals surface area (Å²) in [7, 11) is 0. The molecule has 0 aromatic heterocycles. The smallest absolute Gasteiger partial charge is 0.317 e. The van der Waals surface area contributed by atoms with Crippen molar-refractivity contribution in [1.82, 2.24) is 15.1 Å². The van der Waals surface area contributed by atoms with Crippen molar-refractivity contribution in [2.24, 2.45) is 5.92 Å². The molecule has 0 spiro atoms. The van der Waals surface area contributed by atoms with Gasteiger partial charge in [-0.25, -0.2) is 4.79 Å². The summed E-state index contributed by atoms with van der Waals surface area (Å²) in [5, 5.41) is 3.87. The molecule has 3 aliphatic rings. The Bertz CT molecular complexity index is 980. The number of halogens is 1. The average Bonchev–Trinajstić information content (AvgIpc) is 2.80. The number of likely N-dealkylation sites (tertiary alicyclic amines) is 1. The predicted octanol–water partition coefficient (Wildman–Crippen LogP) is 4.20. The Morgan fingerprint density at radius 1 is 1.10 bits per heavy atom. The van der Waals surface area contributed by atoms with E-state index < -0.39 is 0 Å². The van der Waals surface area contributed by atoms with Crippen molar-refractivity contribution in [2.75, 3.05) is 19.6 Å². The Morgan fingerprint density at radius 2 is 1.94 bits per heavy atom. The number of hydrogen-bond donors (Lipinski definition) is 1. The Labute approximate surface area is 188 Å². The van der Waals surface area contributed by atoms with E-state index in [4.69, 9.17) is 11.6 Å². The summed E-state index contributed by atoms with van der Waals surface area (Å²) >= 11 is 6.46. The van der Waals surface area contributed by atoms with Crippen molar-refractivity contribution in [3.8, 4) is 0 Å². The molecular formula is C25H28ClN3O2. The van der Waals surface area contributed by atoms with Crippen molar-refractivity contribution in [2.45, 2.75) is 44.2 Å². The number of carbonyl (C=O) groups excluding carboxylic acids is 2. The summed E-state index contributed by atoms with van der Waals surface area (Å²) in [4.78, 5) is 30.4. The monoisotopic (exact) mass is 437 g/mol. The largest absolute Gasteiger partial charge is 0.338 e. The van der Waals surface area contributed by atoms with Gasteiger partial charge in [0.15, 0.2) is 0 Å². The van der Waals surface area contributed by atoms with Crippen LogP contribution in [0.3, 0.4) is 0 Å². The quantitative estimate of drug-likeness (QED) is 0.782. The number of nitrogens with zero attached hydrogens (tertiary/aromatic N) is 2. The van der Waals surface area contributed by atoms with Crippen LogP contribution in [0.2, 0.25) is 5.02 Å². The maximum atomic E-state index is 13.4. The number of benzene rings is 2. The number of hydrogen-bond acceptors (Lipinski definition) is 2. The zero-order valence-electron chi connectivity index (χ0n) is 17.6. The Kier molecular flexibility index (Phi) is 5.61. The first-order valence-electron chi connectivity index (χ1n) is 11.3. The third kappa shape index (κ3) is 3.80. The molecule has 162 valence electrons. The maximum absolute atomic E-state index is 13.4. The molecule has 3 heterocycles. The van der Waals surface area contributed by atoms with Gasteiger partial charge in [-0.3, -0.25) is 4.79 Å². The van der Waals surface area contributed by atoms with Gasteiger partial charge in [0, 0.05) is 30.7 Å². The number of urea groups is 1. The molecule has 3 atom stereocenters. The van der Waals surface area contributed by atoms with E-state index in [0.717, 1.165) is 48.3 Å². The van der Waals surface area contributed by atoms with E-state index in [2.05, 4.69) is 23.5 Å². The summed E-state index contributed by atoms with van der Waals surface area (Å²) in [6.45, 7) is 2.02. The highest BCUT2D eigenvalue weighted by atomic mass is 35.5. The molecule has 2 aromatic carbocycles. The zero-order chi connectivity index (χ0) is 21.4. The van der Waals surface area contributed by atoms with Gasteiger partial charge in [0.2, 0.25) is 5.91 Å². The van der Waals surface area contributed by atoms with Crippen molar-refractivity contribution in [3.63, 3.8) is 0 Å². The van der Waals surface area contributed by atoms with Gasteiger partial charge in [-0.15, -0.1) is 0 Å². The fourth-order valence-electron chi connectivity index (χ4n) is 5.62. The summed E-state index contributed by atoms with van der Waals surface area (Å²) < 4.78 is 0. The molecule has 0 unspecified atom stereocenters. The SMILES string of the molecule is O=C1[C@H]2CCCN(C(=O)NCCc3ccccc3)[C@H]2C[C@@H]2c3cccc(Cl)c3CCN12. The minimum absolute atomic E-state index is 0.00826. The first-order valence-corrected chi connectivity index (χ1v) is 11.7. The molecule has 5 rings (SSSR count). The van der Waals surface area contributed by atoms with Crippen LogP contribution < -0.4 is 5.32 Å². The molecule has 2 fully saturated rings. The molecule has 1 N–H and O–H groups in total. The van der Waals surface area contributed by atoms with E-state index in [1.807, 2.05) is 40.1 Å². The third-order valence-corrected chi connectivity index (χ3v) is 7.48. The molecule has 0 aliphatic carbocycles. The van der Waals surface area contributed by atoms with E-state index in [-0.39, 0.29) is 29.9 Å². The summed E-state index contributed by atoms with van der Waals surface area (Å²) in [5.74, 6) is 0.110. The first-order chi connectivity index (χ1) is 15.1. The lowest BCUT2D eigenvalue weighted by molar-refractivity contribution is -0.148. The molecule has 6 heteroatoms. The molecule has 0 bridgehead atoms. The van der Waals surface area contributed by atoms with Crippen LogP contribution in [0.25, 0.3) is 0 Å². The van der Waals surface area contributed by atoms with E-state index in [9.17, 15) is 9.59 Å². The highest BCUT2D eigenvalue weighted by molar-refractivity contribution is 6.31. The minimum atomic E-state index is -0.0920. The minimum Gasteiger partial charge on any atom is -0.338 e. The number of piperidine rings is 2. The lowest BCUT2D eigenvalue weighted by Gasteiger charge is -2.51. The summed E-state index contributed by atoms with van der Waals surface area (Å²) in [6, 6.07) is 16.1. The molecule has 5 nitrogen and oxygen atoms in total. The van der Waals surface area contributed by atoms with Gasteiger partial charge in [0.1, 0.15) is 0 Å². The highest BCUT2D eigenvalue weighted by Gasteiger charge is 2.48. The second-order valence-corrected chi connectivity index (χ2v) is 9.22. The maximum Gasteiger partial charge on any atom is 0.317 e. The van der Waals surface area contributed by atoms with Gasteiger partial charge in [-0.2, -0.15) is 0 Å². The number of rotatable bonds is 3. The van der Waals surface area contributed by atoms with Gasteiger partial charge in [0.05, 0.1) is 12.0 Å². The molecule has 3 amide bonds. The molecule has 0 radical (unpaired) electrons. The fraction of sp³-hybridized carbons (Fsp3) is 0.440. The standard InChI is InChI=1S/C25H28ClN3O2/c26-21-10-4-8-19-18(21)12-15-28-22(19)16-23-20(24(28)30)9-5-14-29(23)25(31)27-13-11-17-6-2-1-3-7-17/h1-4,6-8,10,20,22-23H,5,9,11-16H2,(H,27,31)/t20-,22+,23-/m0/s1. The molecule has 2 aromatic rings. The van der Waals surface area contributed by atoms with Crippen LogP contribution in [-0.4, -0.2) is 47.4 Å². The summed E-state index contributed by atoms with van der Waals surface area (Å²) in [6.07, 6.45) is 4.13. The van der Waals surface area contributed by atoms with Crippen LogP contribution in [0, 0.1) is 5.92 Å². The topological polar surface area (TPSA) is 52.7 Å². The second-order valence-electron chi connectivity index (χ2n) is 8.82. The van der Waals surface area contributed by atoms with Crippen molar-refractivity contribution in [3.05, 3.63) is 70.2 Å². The molecule has 0 saturated carbocycles. The highest BCUT2D eigenvalue weighted by Crippen LogP contribution is 2.44. The van der Waals surface area contributed by atoms with Crippen LogP contribution in [-0.2, 0) is 17.6 Å². The second kappa shape index (κ2) is 8.54. The lowest BCUT2D eigenvalue weighted by Crippen LogP contribution is -2.61. The van der Waals surface area contributed by atoms with E-state index in [1.54, 1.807) is 0 Å². The predicted molar refractivity (Wildman–Crippen MR) is 121 cm³/mol. The molecule has 31 heavy (non-hydrogen) atoms. The Hall–Kier alpha value is -2.53. The number of carbonyl (C=O) groups is 2. The number of amides is 3. The Balaban J connectivity index is 1.32. The van der Waals surface area contributed by atoms with Gasteiger partial charge in [0.25, 0.3) is 0 Å². The van der Waals surface area contributed by atoms with E-state index in [1.165, 1.54) is 5.56 Å². The normalized spacial score (nSPS) is 24.8. The van der Waals surface area contributed by atoms with Gasteiger partial charge >= 0.3 is 6.03 Å². The van der Waals surface area contributed by atoms with Crippen molar-refractivity contribution in [1.29, 1.82) is 0 Å². The third-order valence-electron chi connectivity index (χ3n) is 7.13. The Morgan fingerprint density at radius 3 is 2.77 bits per heavy atom. The lowest BCUT2D eigenvalue weighted by atomic mass is 9.76.